The molecule has 3 N–H and O–H groups in total. The average molecular weight is 645 g/mol. The first kappa shape index (κ1) is 32.7. The average Bonchev–Trinajstić information content (AvgIpc) is 3.74. The molecular weight excluding hydrogens is 596 g/mol. The Kier molecular flexibility index (Phi) is 10.7. The van der Waals surface area contributed by atoms with Crippen molar-refractivity contribution in [2.45, 2.75) is 76.3 Å². The molecule has 2 aromatic carbocycles. The first-order valence-electron chi connectivity index (χ1n) is 17.1. The monoisotopic (exact) mass is 644 g/mol. The molecule has 1 saturated carbocycles. The summed E-state index contributed by atoms with van der Waals surface area (Å²) in [5, 5.41) is 10.5. The smallest absolute Gasteiger partial charge is 0.262 e. The lowest BCUT2D eigenvalue weighted by atomic mass is 9.93. The van der Waals surface area contributed by atoms with E-state index in [0.717, 1.165) is 98.5 Å². The Bertz CT molecular complexity index is 1490. The maximum Gasteiger partial charge on any atom is 0.262 e. The summed E-state index contributed by atoms with van der Waals surface area (Å²) in [6.45, 7) is 7.68. The molecule has 3 amide bonds. The van der Waals surface area contributed by atoms with Crippen LogP contribution < -0.4 is 16.0 Å². The third kappa shape index (κ3) is 7.99. The summed E-state index contributed by atoms with van der Waals surface area (Å²) in [4.78, 5) is 44.5. The van der Waals surface area contributed by atoms with Gasteiger partial charge in [-0.1, -0.05) is 61.4 Å². The zero-order valence-electron chi connectivity index (χ0n) is 27.0. The van der Waals surface area contributed by atoms with Crippen LogP contribution in [0.25, 0.3) is 10.1 Å². The van der Waals surface area contributed by atoms with E-state index in [1.165, 1.54) is 11.3 Å². The van der Waals surface area contributed by atoms with Crippen molar-refractivity contribution in [3.8, 4) is 0 Å². The summed E-state index contributed by atoms with van der Waals surface area (Å²) in [5.74, 6) is 0.488. The summed E-state index contributed by atoms with van der Waals surface area (Å²) in [6.07, 6.45) is 7.63. The van der Waals surface area contributed by atoms with Crippen LogP contribution in [-0.4, -0.2) is 73.6 Å². The topological polar surface area (TPSA) is 99.8 Å². The maximum absolute atomic E-state index is 14.1. The number of thiophene rings is 1. The molecule has 0 radical (unpaired) electrons. The van der Waals surface area contributed by atoms with Gasteiger partial charge in [-0.25, -0.2) is 0 Å². The zero-order chi connectivity index (χ0) is 31.9. The van der Waals surface area contributed by atoms with Gasteiger partial charge < -0.3 is 25.6 Å². The Morgan fingerprint density at radius 1 is 0.957 bits per heavy atom. The van der Waals surface area contributed by atoms with Crippen LogP contribution >= 0.6 is 11.3 Å². The number of amides is 3. The van der Waals surface area contributed by atoms with Gasteiger partial charge in [-0.3, -0.25) is 14.4 Å². The van der Waals surface area contributed by atoms with E-state index < -0.39 is 11.6 Å². The highest BCUT2D eigenvalue weighted by Crippen LogP contribution is 2.33. The number of rotatable bonds is 11. The van der Waals surface area contributed by atoms with E-state index in [1.54, 1.807) is 0 Å². The number of likely N-dealkylation sites (tertiary alicyclic amines) is 1. The molecule has 3 fully saturated rings. The molecule has 0 spiro atoms. The van der Waals surface area contributed by atoms with Crippen molar-refractivity contribution < 1.29 is 19.1 Å². The summed E-state index contributed by atoms with van der Waals surface area (Å²) >= 11 is 1.46. The van der Waals surface area contributed by atoms with Crippen molar-refractivity contribution in [3.63, 3.8) is 0 Å². The predicted octanol–water partition coefficient (Wildman–Crippen LogP) is 5.23. The van der Waals surface area contributed by atoms with Gasteiger partial charge in [0.05, 0.1) is 4.88 Å². The van der Waals surface area contributed by atoms with Crippen molar-refractivity contribution in [1.29, 1.82) is 0 Å². The lowest BCUT2D eigenvalue weighted by Crippen LogP contribution is -2.61. The van der Waals surface area contributed by atoms with Gasteiger partial charge in [0.25, 0.3) is 5.91 Å². The zero-order valence-corrected chi connectivity index (χ0v) is 27.8. The van der Waals surface area contributed by atoms with Crippen LogP contribution in [0.1, 0.15) is 72.2 Å². The molecule has 3 heterocycles. The third-order valence-electron chi connectivity index (χ3n) is 10.2. The van der Waals surface area contributed by atoms with E-state index in [9.17, 15) is 14.4 Å². The molecule has 8 nitrogen and oxygen atoms in total. The standard InChI is InChI=1S/C37H48N4O4S/c1-26-8-7-11-30-23-32(46-33(26)30)35(43)40-37(16-5-6-17-37)36(44)39-31(22-27-9-3-2-4-10-27)34(42)38-24-28-12-18-41(19-13-28)25-29-14-20-45-21-15-29/h2-4,7-11,23,28-29,31H,5-6,12-22,24-25H2,1H3,(H,38,42)(H,39,44)(H,40,43)/t31-/m1/s1. The number of carbonyl (C=O) groups excluding carboxylic acids is 3. The fraction of sp³-hybridized carbons (Fsp3) is 0.541. The lowest BCUT2D eigenvalue weighted by Gasteiger charge is -2.35. The number of hydrogen-bond acceptors (Lipinski definition) is 6. The SMILES string of the molecule is Cc1cccc2cc(C(=O)NC3(C(=O)N[C@H](Cc4ccccc4)C(=O)NCC4CCN(CC5CCOCC5)CC4)CCCC3)sc12. The second-order valence-corrected chi connectivity index (χ2v) is 14.7. The molecule has 46 heavy (non-hydrogen) atoms. The van der Waals surface area contributed by atoms with Crippen molar-refractivity contribution >= 4 is 39.1 Å². The second kappa shape index (κ2) is 15.1. The predicted molar refractivity (Wildman–Crippen MR) is 183 cm³/mol. The number of aryl methyl sites for hydroxylation is 1. The van der Waals surface area contributed by atoms with E-state index in [1.807, 2.05) is 61.5 Å². The number of nitrogens with one attached hydrogen (secondary N) is 3. The van der Waals surface area contributed by atoms with Crippen LogP contribution in [0.3, 0.4) is 0 Å². The summed E-state index contributed by atoms with van der Waals surface area (Å²) < 4.78 is 6.61. The molecule has 6 rings (SSSR count). The Balaban J connectivity index is 1.08. The molecule has 3 aliphatic rings. The van der Waals surface area contributed by atoms with Gasteiger partial charge in [0.15, 0.2) is 0 Å². The van der Waals surface area contributed by atoms with E-state index in [0.29, 0.717) is 36.6 Å². The van der Waals surface area contributed by atoms with Gasteiger partial charge in [0.2, 0.25) is 11.8 Å². The fourth-order valence-corrected chi connectivity index (χ4v) is 8.40. The fourth-order valence-electron chi connectivity index (χ4n) is 7.38. The van der Waals surface area contributed by atoms with E-state index in [4.69, 9.17) is 4.74 Å². The third-order valence-corrected chi connectivity index (χ3v) is 11.5. The Hall–Kier alpha value is -3.27. The quantitative estimate of drug-likeness (QED) is 0.266. The van der Waals surface area contributed by atoms with Gasteiger partial charge in [-0.15, -0.1) is 11.3 Å². The molecule has 0 bridgehead atoms. The Labute approximate surface area is 276 Å². The molecule has 1 atom stereocenters. The minimum absolute atomic E-state index is 0.165. The number of ether oxygens (including phenoxy) is 1. The Morgan fingerprint density at radius 2 is 1.70 bits per heavy atom. The number of nitrogens with zero attached hydrogens (tertiary/aromatic N) is 1. The summed E-state index contributed by atoms with van der Waals surface area (Å²) in [7, 11) is 0. The van der Waals surface area contributed by atoms with Gasteiger partial charge in [0, 0.05) is 37.4 Å². The molecule has 246 valence electrons. The minimum Gasteiger partial charge on any atom is -0.381 e. The van der Waals surface area contributed by atoms with Crippen LogP contribution in [0.15, 0.2) is 54.6 Å². The first-order chi connectivity index (χ1) is 22.4. The van der Waals surface area contributed by atoms with Gasteiger partial charge >= 0.3 is 0 Å². The van der Waals surface area contributed by atoms with Crippen LogP contribution in [-0.2, 0) is 20.7 Å². The number of hydrogen-bond donors (Lipinski definition) is 3. The first-order valence-corrected chi connectivity index (χ1v) is 17.9. The highest BCUT2D eigenvalue weighted by atomic mass is 32.1. The van der Waals surface area contributed by atoms with E-state index in [2.05, 4.69) is 20.9 Å². The normalized spacial score (nSPS) is 19.9. The van der Waals surface area contributed by atoms with Gasteiger partial charge in [0.1, 0.15) is 11.6 Å². The second-order valence-electron chi connectivity index (χ2n) is 13.6. The highest BCUT2D eigenvalue weighted by molar-refractivity contribution is 7.21. The number of piperidine rings is 1. The van der Waals surface area contributed by atoms with E-state index in [-0.39, 0.29) is 17.7 Å². The molecule has 2 saturated heterocycles. The molecule has 1 aliphatic carbocycles. The highest BCUT2D eigenvalue weighted by Gasteiger charge is 2.44. The molecule has 2 aliphatic heterocycles. The van der Waals surface area contributed by atoms with Crippen molar-refractivity contribution in [2.75, 3.05) is 39.4 Å². The Morgan fingerprint density at radius 3 is 2.41 bits per heavy atom. The van der Waals surface area contributed by atoms with E-state index >= 15 is 0 Å². The minimum atomic E-state index is -1.03. The summed E-state index contributed by atoms with van der Waals surface area (Å²) in [6, 6.07) is 17.0. The van der Waals surface area contributed by atoms with Crippen molar-refractivity contribution in [1.82, 2.24) is 20.9 Å². The number of benzene rings is 2. The summed E-state index contributed by atoms with van der Waals surface area (Å²) in [5.41, 5.74) is 1.08. The molecule has 1 aromatic heterocycles. The van der Waals surface area contributed by atoms with Crippen molar-refractivity contribution in [2.24, 2.45) is 11.8 Å². The number of carbonyl (C=O) groups is 3. The van der Waals surface area contributed by atoms with Crippen LogP contribution in [0.2, 0.25) is 0 Å². The molecule has 9 heteroatoms. The van der Waals surface area contributed by atoms with Crippen LogP contribution in [0.5, 0.6) is 0 Å². The largest absolute Gasteiger partial charge is 0.381 e. The van der Waals surface area contributed by atoms with Gasteiger partial charge in [-0.2, -0.15) is 0 Å². The van der Waals surface area contributed by atoms with Gasteiger partial charge in [-0.05, 0) is 93.0 Å². The molecule has 3 aromatic rings. The molecule has 0 unspecified atom stereocenters. The lowest BCUT2D eigenvalue weighted by molar-refractivity contribution is -0.132. The van der Waals surface area contributed by atoms with Crippen LogP contribution in [0, 0.1) is 18.8 Å². The molecular formula is C37H48N4O4S. The number of fused-ring (bicyclic) bond motifs is 1. The maximum atomic E-state index is 14.1. The van der Waals surface area contributed by atoms with Crippen LogP contribution in [0.4, 0.5) is 0 Å². The van der Waals surface area contributed by atoms with Crippen molar-refractivity contribution in [3.05, 3.63) is 70.6 Å².